The Morgan fingerprint density at radius 1 is 1.15 bits per heavy atom. The Morgan fingerprint density at radius 2 is 1.95 bits per heavy atom. The third-order valence-corrected chi connectivity index (χ3v) is 7.42. The molecular formula is C29H37N5O5. The minimum Gasteiger partial charge on any atom is -0.490 e. The average molecular weight is 536 g/mol. The number of nitrogens with one attached hydrogen (secondary N) is 1. The molecular weight excluding hydrogens is 498 g/mol. The summed E-state index contributed by atoms with van der Waals surface area (Å²) in [6, 6.07) is 3.77. The standard InChI is InChI=1S/C29H37N5O5/c1-4-37-21-8-6-20(7-9-21)34-15-18(13-32-34)25-14-31-29(38-16-19-5-10-27(35)33-19)23-12-26(39-17(2)3)24(28(30)36)11-22(23)25/h11-15,17,19-21H,4-10,16H2,1-3H3,(H2,30,36)(H,33,35)/t19-,20-,21-/m0/s1. The van der Waals surface area contributed by atoms with Gasteiger partial charge in [-0.05, 0) is 70.4 Å². The number of hydrogen-bond donors (Lipinski definition) is 2. The fourth-order valence-corrected chi connectivity index (χ4v) is 5.50. The third-order valence-electron chi connectivity index (χ3n) is 7.42. The van der Waals surface area contributed by atoms with Crippen molar-refractivity contribution in [2.24, 2.45) is 5.73 Å². The summed E-state index contributed by atoms with van der Waals surface area (Å²) in [6.45, 7) is 6.86. The second-order valence-electron chi connectivity index (χ2n) is 10.6. The zero-order valence-corrected chi connectivity index (χ0v) is 22.8. The second-order valence-corrected chi connectivity index (χ2v) is 10.6. The number of carbonyl (C=O) groups excluding carboxylic acids is 2. The van der Waals surface area contributed by atoms with E-state index in [4.69, 9.17) is 19.9 Å². The number of primary amides is 1. The Balaban J connectivity index is 1.50. The Hall–Kier alpha value is -3.66. The van der Waals surface area contributed by atoms with Gasteiger partial charge in [-0.2, -0.15) is 5.10 Å². The number of rotatable bonds is 10. The maximum absolute atomic E-state index is 12.4. The lowest BCUT2D eigenvalue weighted by atomic mass is 9.93. The lowest BCUT2D eigenvalue weighted by molar-refractivity contribution is -0.119. The van der Waals surface area contributed by atoms with Crippen molar-refractivity contribution in [3.8, 4) is 22.8 Å². The third kappa shape index (κ3) is 6.00. The van der Waals surface area contributed by atoms with Gasteiger partial charge in [0.1, 0.15) is 12.4 Å². The van der Waals surface area contributed by atoms with E-state index in [1.807, 2.05) is 37.8 Å². The van der Waals surface area contributed by atoms with E-state index in [0.717, 1.165) is 48.8 Å². The van der Waals surface area contributed by atoms with E-state index in [1.54, 1.807) is 18.3 Å². The molecule has 0 bridgehead atoms. The van der Waals surface area contributed by atoms with Crippen LogP contribution >= 0.6 is 0 Å². The molecule has 1 saturated heterocycles. The first-order valence-electron chi connectivity index (χ1n) is 13.8. The summed E-state index contributed by atoms with van der Waals surface area (Å²) in [4.78, 5) is 28.7. The molecule has 2 fully saturated rings. The lowest BCUT2D eigenvalue weighted by Gasteiger charge is -2.28. The summed E-state index contributed by atoms with van der Waals surface area (Å²) in [5.74, 6) is 0.234. The van der Waals surface area contributed by atoms with Crippen LogP contribution in [0.15, 0.2) is 30.7 Å². The molecule has 1 aliphatic heterocycles. The number of benzene rings is 1. The highest BCUT2D eigenvalue weighted by Gasteiger charge is 2.25. The van der Waals surface area contributed by atoms with Crippen molar-refractivity contribution in [2.45, 2.75) is 83.6 Å². The molecule has 5 rings (SSSR count). The summed E-state index contributed by atoms with van der Waals surface area (Å²) in [7, 11) is 0. The van der Waals surface area contributed by atoms with Crippen LogP contribution < -0.4 is 20.5 Å². The van der Waals surface area contributed by atoms with Gasteiger partial charge in [0, 0.05) is 41.9 Å². The molecule has 1 aromatic carbocycles. The number of amides is 2. The number of nitrogens with two attached hydrogens (primary N) is 1. The number of nitrogens with zero attached hydrogens (tertiary/aromatic N) is 3. The molecule has 3 N–H and O–H groups in total. The van der Waals surface area contributed by atoms with E-state index in [-0.39, 0.29) is 18.1 Å². The van der Waals surface area contributed by atoms with Crippen LogP contribution in [-0.4, -0.2) is 58.0 Å². The summed E-state index contributed by atoms with van der Waals surface area (Å²) in [6.07, 6.45) is 11.1. The van der Waals surface area contributed by atoms with Gasteiger partial charge >= 0.3 is 0 Å². The lowest BCUT2D eigenvalue weighted by Crippen LogP contribution is -2.31. The van der Waals surface area contributed by atoms with E-state index < -0.39 is 5.91 Å². The molecule has 2 aromatic heterocycles. The Kier molecular flexibility index (Phi) is 8.02. The molecule has 0 unspecified atom stereocenters. The van der Waals surface area contributed by atoms with Gasteiger partial charge in [-0.1, -0.05) is 0 Å². The topological polar surface area (TPSA) is 131 Å². The van der Waals surface area contributed by atoms with E-state index in [9.17, 15) is 9.59 Å². The fraction of sp³-hybridized carbons (Fsp3) is 0.517. The molecule has 1 atom stereocenters. The average Bonchev–Trinajstić information content (AvgIpc) is 3.56. The first-order chi connectivity index (χ1) is 18.8. The zero-order valence-electron chi connectivity index (χ0n) is 22.8. The molecule has 0 spiro atoms. The molecule has 2 amide bonds. The summed E-state index contributed by atoms with van der Waals surface area (Å²) < 4.78 is 19.9. The van der Waals surface area contributed by atoms with Crippen LogP contribution in [0.25, 0.3) is 21.9 Å². The Morgan fingerprint density at radius 3 is 2.62 bits per heavy atom. The molecule has 10 heteroatoms. The van der Waals surface area contributed by atoms with Crippen LogP contribution in [0.2, 0.25) is 0 Å². The van der Waals surface area contributed by atoms with Crippen LogP contribution in [-0.2, 0) is 9.53 Å². The zero-order chi connectivity index (χ0) is 27.5. The van der Waals surface area contributed by atoms with Crippen LogP contribution in [0.1, 0.15) is 75.7 Å². The van der Waals surface area contributed by atoms with Gasteiger partial charge in [0.15, 0.2) is 0 Å². The number of fused-ring (bicyclic) bond motifs is 1. The smallest absolute Gasteiger partial charge is 0.252 e. The molecule has 1 saturated carbocycles. The maximum Gasteiger partial charge on any atom is 0.252 e. The highest BCUT2D eigenvalue weighted by molar-refractivity contribution is 6.06. The van der Waals surface area contributed by atoms with Crippen LogP contribution in [0.4, 0.5) is 0 Å². The van der Waals surface area contributed by atoms with Gasteiger partial charge in [0.2, 0.25) is 11.8 Å². The SMILES string of the molecule is CCO[C@H]1CC[C@H](n2cc(-c3cnc(OC[C@@H]4CCC(=O)N4)c4cc(OC(C)C)c(C(N)=O)cc34)cn2)CC1. The van der Waals surface area contributed by atoms with Gasteiger partial charge in [-0.15, -0.1) is 0 Å². The van der Waals surface area contributed by atoms with Crippen molar-refractivity contribution in [3.05, 3.63) is 36.3 Å². The van der Waals surface area contributed by atoms with Gasteiger partial charge in [0.05, 0.1) is 36.1 Å². The molecule has 39 heavy (non-hydrogen) atoms. The Labute approximate surface area is 228 Å². The van der Waals surface area contributed by atoms with Crippen molar-refractivity contribution in [2.75, 3.05) is 13.2 Å². The first kappa shape index (κ1) is 26.9. The fourth-order valence-electron chi connectivity index (χ4n) is 5.50. The van der Waals surface area contributed by atoms with Gasteiger partial charge in [0.25, 0.3) is 5.91 Å². The first-order valence-corrected chi connectivity index (χ1v) is 13.8. The minimum atomic E-state index is -0.576. The summed E-state index contributed by atoms with van der Waals surface area (Å²) in [5.41, 5.74) is 7.76. The van der Waals surface area contributed by atoms with E-state index >= 15 is 0 Å². The van der Waals surface area contributed by atoms with E-state index in [2.05, 4.69) is 15.4 Å². The van der Waals surface area contributed by atoms with E-state index in [1.165, 1.54) is 0 Å². The van der Waals surface area contributed by atoms with Crippen molar-refractivity contribution >= 4 is 22.6 Å². The normalized spacial score (nSPS) is 21.3. The van der Waals surface area contributed by atoms with Crippen molar-refractivity contribution in [1.82, 2.24) is 20.1 Å². The Bertz CT molecular complexity index is 1350. The number of hydrogen-bond acceptors (Lipinski definition) is 7. The minimum absolute atomic E-state index is 0.0267. The maximum atomic E-state index is 12.4. The molecule has 0 radical (unpaired) electrons. The van der Waals surface area contributed by atoms with Crippen LogP contribution in [0, 0.1) is 0 Å². The van der Waals surface area contributed by atoms with Crippen molar-refractivity contribution < 1.29 is 23.8 Å². The van der Waals surface area contributed by atoms with Gasteiger partial charge in [-0.3, -0.25) is 14.3 Å². The van der Waals surface area contributed by atoms with Gasteiger partial charge < -0.3 is 25.3 Å². The molecule has 1 aliphatic carbocycles. The van der Waals surface area contributed by atoms with Crippen molar-refractivity contribution in [1.29, 1.82) is 0 Å². The number of pyridine rings is 1. The van der Waals surface area contributed by atoms with Gasteiger partial charge in [-0.25, -0.2) is 4.98 Å². The molecule has 2 aliphatic rings. The number of ether oxygens (including phenoxy) is 3. The van der Waals surface area contributed by atoms with Crippen LogP contribution in [0.3, 0.4) is 0 Å². The molecule has 3 aromatic rings. The van der Waals surface area contributed by atoms with Crippen molar-refractivity contribution in [3.63, 3.8) is 0 Å². The molecule has 3 heterocycles. The predicted molar refractivity (Wildman–Crippen MR) is 147 cm³/mol. The van der Waals surface area contributed by atoms with Crippen LogP contribution in [0.5, 0.6) is 11.6 Å². The molecule has 208 valence electrons. The highest BCUT2D eigenvalue weighted by Crippen LogP contribution is 2.38. The monoisotopic (exact) mass is 535 g/mol. The highest BCUT2D eigenvalue weighted by atomic mass is 16.5. The summed E-state index contributed by atoms with van der Waals surface area (Å²) in [5, 5.41) is 9.07. The second kappa shape index (κ2) is 11.6. The largest absolute Gasteiger partial charge is 0.490 e. The summed E-state index contributed by atoms with van der Waals surface area (Å²) >= 11 is 0. The molecule has 10 nitrogen and oxygen atoms in total. The number of aromatic nitrogens is 3. The van der Waals surface area contributed by atoms with E-state index in [0.29, 0.717) is 54.2 Å². The predicted octanol–water partition coefficient (Wildman–Crippen LogP) is 4.16. The quantitative estimate of drug-likeness (QED) is 0.399. The number of carbonyl (C=O) groups is 2.